The molecule has 0 radical (unpaired) electrons. The van der Waals surface area contributed by atoms with Gasteiger partial charge < -0.3 is 0 Å². The Bertz CT molecular complexity index is 868. The lowest BCUT2D eigenvalue weighted by Crippen LogP contribution is -2.31. The Morgan fingerprint density at radius 1 is 1.20 bits per heavy atom. The van der Waals surface area contributed by atoms with Gasteiger partial charge in [-0.15, -0.1) is 10.3 Å². The highest BCUT2D eigenvalue weighted by molar-refractivity contribution is 9.10. The second kappa shape index (κ2) is 8.13. The van der Waals surface area contributed by atoms with E-state index in [4.69, 9.17) is 0 Å². The molecule has 2 aromatic carbocycles. The largest absolute Gasteiger partial charge is 0.269 e. The van der Waals surface area contributed by atoms with Crippen LogP contribution in [0.1, 0.15) is 6.92 Å². The highest BCUT2D eigenvalue weighted by Crippen LogP contribution is 2.33. The molecule has 0 aliphatic carbocycles. The Hall–Kier alpha value is -1.68. The molecule has 0 aliphatic heterocycles. The molecule has 0 aliphatic rings. The third-order valence-electron chi connectivity index (χ3n) is 3.26. The predicted molar refractivity (Wildman–Crippen MR) is 102 cm³/mol. The Balaban J connectivity index is 2.37. The minimum absolute atomic E-state index is 0.0524. The maximum absolute atomic E-state index is 13.0. The standard InChI is InChI=1S/C16H15BrN2O4S2/c1-3-12(2)19(24-15-8-6-14(7-9-15)18(20)21)25(22,23)16-10-4-13(17)5-11-16/h3-12H,1H2,2H3. The Morgan fingerprint density at radius 3 is 2.24 bits per heavy atom. The molecule has 1 unspecified atom stereocenters. The molecule has 9 heteroatoms. The first-order valence-corrected chi connectivity index (χ1v) is 10.1. The molecule has 0 amide bonds. The first-order valence-electron chi connectivity index (χ1n) is 7.10. The van der Waals surface area contributed by atoms with E-state index in [1.165, 1.54) is 46.2 Å². The van der Waals surface area contributed by atoms with Crippen molar-refractivity contribution >= 4 is 43.6 Å². The summed E-state index contributed by atoms with van der Waals surface area (Å²) in [4.78, 5) is 11.0. The molecule has 132 valence electrons. The summed E-state index contributed by atoms with van der Waals surface area (Å²) in [6.07, 6.45) is 1.52. The monoisotopic (exact) mass is 442 g/mol. The summed E-state index contributed by atoms with van der Waals surface area (Å²) < 4.78 is 27.9. The molecule has 6 nitrogen and oxygen atoms in total. The number of halogens is 1. The van der Waals surface area contributed by atoms with Crippen LogP contribution in [0.5, 0.6) is 0 Å². The van der Waals surface area contributed by atoms with Crippen molar-refractivity contribution in [2.75, 3.05) is 0 Å². The van der Waals surface area contributed by atoms with E-state index in [0.717, 1.165) is 16.4 Å². The highest BCUT2D eigenvalue weighted by atomic mass is 79.9. The first kappa shape index (κ1) is 19.6. The molecule has 0 N–H and O–H groups in total. The molecule has 0 aromatic heterocycles. The van der Waals surface area contributed by atoms with Gasteiger partial charge in [0.2, 0.25) is 0 Å². The third kappa shape index (κ3) is 4.69. The Kier molecular flexibility index (Phi) is 6.39. The Labute approximate surface area is 159 Å². The fourth-order valence-corrected chi connectivity index (χ4v) is 4.98. The van der Waals surface area contributed by atoms with E-state index >= 15 is 0 Å². The van der Waals surface area contributed by atoms with Crippen LogP contribution in [0.25, 0.3) is 0 Å². The molecule has 0 saturated heterocycles. The number of sulfonamides is 1. The maximum atomic E-state index is 13.0. The lowest BCUT2D eigenvalue weighted by molar-refractivity contribution is -0.384. The fourth-order valence-electron chi connectivity index (χ4n) is 1.88. The fraction of sp³-hybridized carbons (Fsp3) is 0.125. The summed E-state index contributed by atoms with van der Waals surface area (Å²) in [6, 6.07) is 11.6. The van der Waals surface area contributed by atoms with Crippen molar-refractivity contribution in [1.29, 1.82) is 0 Å². The zero-order valence-corrected chi connectivity index (χ0v) is 16.4. The van der Waals surface area contributed by atoms with Crippen LogP contribution in [0.4, 0.5) is 5.69 Å². The number of non-ortho nitro benzene ring substituents is 1. The summed E-state index contributed by atoms with van der Waals surface area (Å²) >= 11 is 4.27. The third-order valence-corrected chi connectivity index (χ3v) is 7.28. The van der Waals surface area contributed by atoms with Crippen molar-refractivity contribution in [3.05, 3.63) is 75.8 Å². The summed E-state index contributed by atoms with van der Waals surface area (Å²) in [6.45, 7) is 5.38. The number of benzene rings is 2. The molecule has 2 rings (SSSR count). The van der Waals surface area contributed by atoms with Crippen molar-refractivity contribution in [3.8, 4) is 0 Å². The van der Waals surface area contributed by atoms with E-state index in [9.17, 15) is 18.5 Å². The summed E-state index contributed by atoms with van der Waals surface area (Å²) in [5, 5.41) is 10.7. The van der Waals surface area contributed by atoms with Gasteiger partial charge in [-0.05, 0) is 55.3 Å². The Morgan fingerprint density at radius 2 is 1.76 bits per heavy atom. The van der Waals surface area contributed by atoms with Crippen LogP contribution in [0.3, 0.4) is 0 Å². The van der Waals surface area contributed by atoms with Crippen molar-refractivity contribution in [1.82, 2.24) is 3.71 Å². The van der Waals surface area contributed by atoms with E-state index in [-0.39, 0.29) is 10.6 Å². The lowest BCUT2D eigenvalue weighted by Gasteiger charge is -2.25. The molecule has 0 fully saturated rings. The van der Waals surface area contributed by atoms with Crippen LogP contribution in [0.2, 0.25) is 0 Å². The molecule has 0 heterocycles. The number of nitrogens with zero attached hydrogens (tertiary/aromatic N) is 2. The van der Waals surface area contributed by atoms with Crippen molar-refractivity contribution < 1.29 is 13.3 Å². The van der Waals surface area contributed by atoms with E-state index in [1.807, 2.05) is 0 Å². The normalized spacial score (nSPS) is 12.8. The molecular weight excluding hydrogens is 428 g/mol. The van der Waals surface area contributed by atoms with Gasteiger partial charge in [-0.2, -0.15) is 0 Å². The minimum atomic E-state index is -3.78. The van der Waals surface area contributed by atoms with E-state index in [2.05, 4.69) is 22.5 Å². The van der Waals surface area contributed by atoms with Gasteiger partial charge in [-0.3, -0.25) is 10.1 Å². The van der Waals surface area contributed by atoms with Gasteiger partial charge >= 0.3 is 0 Å². The molecule has 0 bridgehead atoms. The highest BCUT2D eigenvalue weighted by Gasteiger charge is 2.29. The first-order chi connectivity index (χ1) is 11.8. The molecule has 0 spiro atoms. The van der Waals surface area contributed by atoms with Crippen molar-refractivity contribution in [3.63, 3.8) is 0 Å². The molecule has 25 heavy (non-hydrogen) atoms. The van der Waals surface area contributed by atoms with Crippen molar-refractivity contribution in [2.45, 2.75) is 22.8 Å². The van der Waals surface area contributed by atoms with Crippen LogP contribution in [-0.2, 0) is 10.0 Å². The summed E-state index contributed by atoms with van der Waals surface area (Å²) in [5.74, 6) is 0. The van der Waals surface area contributed by atoms with Crippen LogP contribution < -0.4 is 0 Å². The number of hydrogen-bond acceptors (Lipinski definition) is 5. The van der Waals surface area contributed by atoms with E-state index in [0.29, 0.717) is 4.90 Å². The zero-order valence-electron chi connectivity index (χ0n) is 13.2. The predicted octanol–water partition coefficient (Wildman–Crippen LogP) is 4.63. The second-order valence-electron chi connectivity index (χ2n) is 5.03. The number of hydrogen-bond donors (Lipinski definition) is 0. The number of rotatable bonds is 7. The lowest BCUT2D eigenvalue weighted by atomic mass is 10.3. The maximum Gasteiger partial charge on any atom is 0.269 e. The zero-order chi connectivity index (χ0) is 18.6. The summed E-state index contributed by atoms with van der Waals surface area (Å²) in [5.41, 5.74) is -0.0524. The number of nitro groups is 1. The quantitative estimate of drug-likeness (QED) is 0.270. The van der Waals surface area contributed by atoms with Gasteiger partial charge in [0, 0.05) is 21.5 Å². The topological polar surface area (TPSA) is 80.5 Å². The summed E-state index contributed by atoms with van der Waals surface area (Å²) in [7, 11) is -3.78. The number of nitro benzene ring substituents is 1. The van der Waals surface area contributed by atoms with E-state index in [1.54, 1.807) is 19.1 Å². The van der Waals surface area contributed by atoms with Gasteiger partial charge in [0.1, 0.15) is 0 Å². The second-order valence-corrected chi connectivity index (χ2v) is 9.04. The van der Waals surface area contributed by atoms with Gasteiger partial charge in [-0.25, -0.2) is 8.42 Å². The SMILES string of the molecule is C=CC(C)N(Sc1ccc([N+](=O)[O-])cc1)S(=O)(=O)c1ccc(Br)cc1. The van der Waals surface area contributed by atoms with Gasteiger partial charge in [0.15, 0.2) is 0 Å². The molecule has 2 aromatic rings. The van der Waals surface area contributed by atoms with Gasteiger partial charge in [-0.1, -0.05) is 22.0 Å². The molecule has 0 saturated carbocycles. The average Bonchev–Trinajstić information content (AvgIpc) is 2.59. The molecule has 1 atom stereocenters. The van der Waals surface area contributed by atoms with Crippen molar-refractivity contribution in [2.24, 2.45) is 0 Å². The van der Waals surface area contributed by atoms with Crippen LogP contribution in [0, 0.1) is 10.1 Å². The van der Waals surface area contributed by atoms with E-state index < -0.39 is 21.0 Å². The molecular formula is C16H15BrN2O4S2. The van der Waals surface area contributed by atoms with Crippen LogP contribution >= 0.6 is 27.9 Å². The van der Waals surface area contributed by atoms with Gasteiger partial charge in [0.25, 0.3) is 15.7 Å². The van der Waals surface area contributed by atoms with Crippen LogP contribution in [-0.4, -0.2) is 23.1 Å². The minimum Gasteiger partial charge on any atom is -0.258 e. The average molecular weight is 443 g/mol. The smallest absolute Gasteiger partial charge is 0.258 e. The van der Waals surface area contributed by atoms with Gasteiger partial charge in [0.05, 0.1) is 15.9 Å². The van der Waals surface area contributed by atoms with Crippen LogP contribution in [0.15, 0.2) is 75.4 Å².